The number of hydrogen-bond donors (Lipinski definition) is 1. The van der Waals surface area contributed by atoms with E-state index in [0.717, 1.165) is 50.9 Å². The maximum atomic E-state index is 12.7. The molecular formula is C18H34ClN3O. The highest BCUT2D eigenvalue weighted by Gasteiger charge is 2.30. The summed E-state index contributed by atoms with van der Waals surface area (Å²) in [7, 11) is 0. The summed E-state index contributed by atoms with van der Waals surface area (Å²) in [5, 5.41) is 3.51. The van der Waals surface area contributed by atoms with Crippen molar-refractivity contribution in [1.82, 2.24) is 15.1 Å². The molecule has 0 bridgehead atoms. The Bertz CT molecular complexity index is 357. The van der Waals surface area contributed by atoms with E-state index in [1.165, 1.54) is 45.3 Å². The van der Waals surface area contributed by atoms with Crippen LogP contribution in [0.3, 0.4) is 0 Å². The smallest absolute Gasteiger partial charge is 0.225 e. The topological polar surface area (TPSA) is 35.6 Å². The molecular weight excluding hydrogens is 310 g/mol. The van der Waals surface area contributed by atoms with Gasteiger partial charge in [0.05, 0.1) is 0 Å². The van der Waals surface area contributed by atoms with Crippen LogP contribution in [-0.4, -0.2) is 61.5 Å². The second kappa shape index (κ2) is 9.24. The molecule has 1 N–H and O–H groups in total. The fraction of sp³-hybridized carbons (Fsp3) is 0.944. The molecule has 3 heterocycles. The zero-order valence-electron chi connectivity index (χ0n) is 14.6. The lowest BCUT2D eigenvalue weighted by Gasteiger charge is -2.38. The van der Waals surface area contributed by atoms with Crippen molar-refractivity contribution in [2.45, 2.75) is 45.4 Å². The van der Waals surface area contributed by atoms with E-state index in [4.69, 9.17) is 0 Å². The largest absolute Gasteiger partial charge is 0.342 e. The first-order chi connectivity index (χ1) is 10.7. The zero-order valence-corrected chi connectivity index (χ0v) is 15.5. The van der Waals surface area contributed by atoms with Crippen molar-refractivity contribution in [3.05, 3.63) is 0 Å². The third-order valence-electron chi connectivity index (χ3n) is 5.95. The number of hydrogen-bond acceptors (Lipinski definition) is 3. The van der Waals surface area contributed by atoms with Crippen LogP contribution in [0.25, 0.3) is 0 Å². The van der Waals surface area contributed by atoms with Gasteiger partial charge >= 0.3 is 0 Å². The Morgan fingerprint density at radius 2 is 1.74 bits per heavy atom. The zero-order chi connectivity index (χ0) is 15.4. The Labute approximate surface area is 147 Å². The molecule has 3 rings (SSSR count). The number of amides is 1. The summed E-state index contributed by atoms with van der Waals surface area (Å²) in [6.07, 6.45) is 7.24. The van der Waals surface area contributed by atoms with Gasteiger partial charge < -0.3 is 15.1 Å². The fourth-order valence-electron chi connectivity index (χ4n) is 4.29. The molecule has 3 fully saturated rings. The van der Waals surface area contributed by atoms with E-state index in [0.29, 0.717) is 11.8 Å². The molecule has 4 nitrogen and oxygen atoms in total. The van der Waals surface area contributed by atoms with Crippen molar-refractivity contribution >= 4 is 18.3 Å². The first-order valence-electron chi connectivity index (χ1n) is 9.44. The van der Waals surface area contributed by atoms with Crippen molar-refractivity contribution in [3.63, 3.8) is 0 Å². The number of rotatable bonds is 3. The van der Waals surface area contributed by atoms with Crippen LogP contribution in [0.15, 0.2) is 0 Å². The predicted molar refractivity (Wildman–Crippen MR) is 97.0 cm³/mol. The molecule has 1 atom stereocenters. The quantitative estimate of drug-likeness (QED) is 0.854. The summed E-state index contributed by atoms with van der Waals surface area (Å²) in [6.45, 7) is 10.2. The van der Waals surface area contributed by atoms with Crippen LogP contribution in [0, 0.1) is 17.8 Å². The predicted octanol–water partition coefficient (Wildman–Crippen LogP) is 2.38. The van der Waals surface area contributed by atoms with Crippen molar-refractivity contribution in [2.75, 3.05) is 45.8 Å². The fourth-order valence-corrected chi connectivity index (χ4v) is 4.29. The molecule has 3 aliphatic heterocycles. The van der Waals surface area contributed by atoms with Gasteiger partial charge in [0.15, 0.2) is 0 Å². The maximum absolute atomic E-state index is 12.7. The Kier molecular flexibility index (Phi) is 7.64. The third-order valence-corrected chi connectivity index (χ3v) is 5.95. The van der Waals surface area contributed by atoms with Gasteiger partial charge in [-0.05, 0) is 76.5 Å². The second-order valence-electron chi connectivity index (χ2n) is 7.80. The van der Waals surface area contributed by atoms with E-state index in [-0.39, 0.29) is 12.4 Å². The van der Waals surface area contributed by atoms with Crippen LogP contribution in [0.5, 0.6) is 0 Å². The Morgan fingerprint density at radius 1 is 1.04 bits per heavy atom. The summed E-state index contributed by atoms with van der Waals surface area (Å²) in [5.74, 6) is 2.37. The molecule has 23 heavy (non-hydrogen) atoms. The lowest BCUT2D eigenvalue weighted by Crippen LogP contribution is -2.46. The van der Waals surface area contributed by atoms with Crippen molar-refractivity contribution in [2.24, 2.45) is 17.8 Å². The van der Waals surface area contributed by atoms with Crippen molar-refractivity contribution in [1.29, 1.82) is 0 Å². The highest BCUT2D eigenvalue weighted by atomic mass is 35.5. The van der Waals surface area contributed by atoms with Crippen LogP contribution < -0.4 is 5.32 Å². The molecule has 0 spiro atoms. The third kappa shape index (κ3) is 5.33. The van der Waals surface area contributed by atoms with Crippen LogP contribution in [0.4, 0.5) is 0 Å². The summed E-state index contributed by atoms with van der Waals surface area (Å²) in [4.78, 5) is 17.4. The number of nitrogens with zero attached hydrogens (tertiary/aromatic N) is 2. The minimum Gasteiger partial charge on any atom is -0.342 e. The number of piperidine rings is 3. The number of likely N-dealkylation sites (tertiary alicyclic amines) is 2. The van der Waals surface area contributed by atoms with Gasteiger partial charge in [-0.15, -0.1) is 12.4 Å². The molecule has 5 heteroatoms. The van der Waals surface area contributed by atoms with Crippen molar-refractivity contribution < 1.29 is 4.79 Å². The Morgan fingerprint density at radius 3 is 2.35 bits per heavy atom. The Balaban J connectivity index is 0.00000192. The first-order valence-corrected chi connectivity index (χ1v) is 9.44. The van der Waals surface area contributed by atoms with E-state index >= 15 is 0 Å². The van der Waals surface area contributed by atoms with Crippen LogP contribution in [0.1, 0.15) is 45.4 Å². The standard InChI is InChI=1S/C18H33N3O.ClH/c1-15-4-11-21(12-5-15)18(22)17-6-9-20(10-7-17)14-16-3-2-8-19-13-16;/h15-17,19H,2-14H2,1H3;1H. The summed E-state index contributed by atoms with van der Waals surface area (Å²) >= 11 is 0. The number of nitrogens with one attached hydrogen (secondary N) is 1. The monoisotopic (exact) mass is 343 g/mol. The average molecular weight is 344 g/mol. The van der Waals surface area contributed by atoms with Gasteiger partial charge in [0.25, 0.3) is 0 Å². The van der Waals surface area contributed by atoms with Crippen LogP contribution in [-0.2, 0) is 4.79 Å². The minimum atomic E-state index is 0. The van der Waals surface area contributed by atoms with E-state index in [9.17, 15) is 4.79 Å². The second-order valence-corrected chi connectivity index (χ2v) is 7.80. The molecule has 134 valence electrons. The van der Waals surface area contributed by atoms with E-state index < -0.39 is 0 Å². The van der Waals surface area contributed by atoms with Gasteiger partial charge in [0.1, 0.15) is 0 Å². The molecule has 1 amide bonds. The molecule has 3 aliphatic rings. The summed E-state index contributed by atoms with van der Waals surface area (Å²) in [6, 6.07) is 0. The molecule has 3 saturated heterocycles. The number of carbonyl (C=O) groups is 1. The first kappa shape index (κ1) is 19.0. The minimum absolute atomic E-state index is 0. The highest BCUT2D eigenvalue weighted by Crippen LogP contribution is 2.24. The molecule has 0 aromatic heterocycles. The van der Waals surface area contributed by atoms with Gasteiger partial charge in [-0.1, -0.05) is 6.92 Å². The molecule has 0 radical (unpaired) electrons. The van der Waals surface area contributed by atoms with E-state index in [2.05, 4.69) is 22.0 Å². The van der Waals surface area contributed by atoms with Gasteiger partial charge in [0.2, 0.25) is 5.91 Å². The molecule has 1 unspecified atom stereocenters. The van der Waals surface area contributed by atoms with Gasteiger partial charge in [-0.2, -0.15) is 0 Å². The van der Waals surface area contributed by atoms with Gasteiger partial charge in [-0.3, -0.25) is 4.79 Å². The van der Waals surface area contributed by atoms with E-state index in [1.54, 1.807) is 0 Å². The average Bonchev–Trinajstić information content (AvgIpc) is 2.57. The Hall–Kier alpha value is -0.320. The van der Waals surface area contributed by atoms with Gasteiger partial charge in [0, 0.05) is 25.6 Å². The molecule has 0 saturated carbocycles. The molecule has 0 aromatic carbocycles. The SMILES string of the molecule is CC1CCN(C(=O)C2CCN(CC3CCCNC3)CC2)CC1.Cl. The lowest BCUT2D eigenvalue weighted by atomic mass is 9.91. The van der Waals surface area contributed by atoms with Gasteiger partial charge in [-0.25, -0.2) is 0 Å². The molecule has 0 aliphatic carbocycles. The highest BCUT2D eigenvalue weighted by molar-refractivity contribution is 5.85. The maximum Gasteiger partial charge on any atom is 0.225 e. The van der Waals surface area contributed by atoms with E-state index in [1.807, 2.05) is 0 Å². The number of halogens is 1. The van der Waals surface area contributed by atoms with Crippen LogP contribution in [0.2, 0.25) is 0 Å². The summed E-state index contributed by atoms with van der Waals surface area (Å²) < 4.78 is 0. The molecule has 0 aromatic rings. The number of carbonyl (C=O) groups excluding carboxylic acids is 1. The lowest BCUT2D eigenvalue weighted by molar-refractivity contribution is -0.138. The summed E-state index contributed by atoms with van der Waals surface area (Å²) in [5.41, 5.74) is 0. The normalized spacial score (nSPS) is 28.4. The van der Waals surface area contributed by atoms with Crippen LogP contribution >= 0.6 is 12.4 Å². The van der Waals surface area contributed by atoms with Crippen molar-refractivity contribution in [3.8, 4) is 0 Å².